The maximum absolute atomic E-state index is 12.1. The predicted octanol–water partition coefficient (Wildman–Crippen LogP) is 5.82. The van der Waals surface area contributed by atoms with Crippen molar-refractivity contribution in [3.63, 3.8) is 0 Å². The molecule has 0 N–H and O–H groups in total. The van der Waals surface area contributed by atoms with Crippen LogP contribution in [0.5, 0.6) is 0 Å². The van der Waals surface area contributed by atoms with Crippen molar-refractivity contribution in [3.05, 3.63) is 59.7 Å². The Morgan fingerprint density at radius 1 is 0.810 bits per heavy atom. The molecular weight excluding hydrogens is 256 g/mol. The summed E-state index contributed by atoms with van der Waals surface area (Å²) < 4.78 is 0. The van der Waals surface area contributed by atoms with Gasteiger partial charge in [0.2, 0.25) is 0 Å². The van der Waals surface area contributed by atoms with Crippen molar-refractivity contribution in [1.29, 1.82) is 0 Å². The lowest BCUT2D eigenvalue weighted by molar-refractivity contribution is 0.0979. The van der Waals surface area contributed by atoms with Crippen molar-refractivity contribution in [1.82, 2.24) is 0 Å². The number of unbranched alkanes of at least 4 members (excludes halogenated alkanes) is 3. The van der Waals surface area contributed by atoms with Crippen LogP contribution in [-0.2, 0) is 0 Å². The number of rotatable bonds is 7. The molecule has 0 saturated heterocycles. The quantitative estimate of drug-likeness (QED) is 0.461. The van der Waals surface area contributed by atoms with Gasteiger partial charge in [0.25, 0.3) is 0 Å². The average molecular weight is 280 g/mol. The molecule has 0 saturated carbocycles. The molecule has 0 bridgehead atoms. The van der Waals surface area contributed by atoms with Crippen molar-refractivity contribution < 1.29 is 4.79 Å². The minimum atomic E-state index is 0.265. The first-order valence-corrected chi connectivity index (χ1v) is 7.91. The second-order valence-electron chi connectivity index (χ2n) is 5.68. The molecule has 0 heterocycles. The van der Waals surface area contributed by atoms with E-state index in [2.05, 4.69) is 38.1 Å². The van der Waals surface area contributed by atoms with E-state index in [0.29, 0.717) is 6.42 Å². The predicted molar refractivity (Wildman–Crippen MR) is 89.7 cm³/mol. The third-order valence-corrected chi connectivity index (χ3v) is 3.85. The second kappa shape index (κ2) is 7.78. The normalized spacial score (nSPS) is 10.6. The van der Waals surface area contributed by atoms with Gasteiger partial charge in [0, 0.05) is 12.0 Å². The van der Waals surface area contributed by atoms with Crippen LogP contribution in [0.1, 0.15) is 54.9 Å². The number of aryl methyl sites for hydroxylation is 1. The second-order valence-corrected chi connectivity index (χ2v) is 5.68. The van der Waals surface area contributed by atoms with Crippen LogP contribution in [0.3, 0.4) is 0 Å². The standard InChI is InChI=1S/C20H24O/c1-3-4-5-6-7-20(21)19-14-12-18(13-15-19)17-10-8-16(2)9-11-17/h8-15H,3-7H2,1-2H3. The van der Waals surface area contributed by atoms with Gasteiger partial charge in [-0.05, 0) is 24.5 Å². The smallest absolute Gasteiger partial charge is 0.162 e. The molecule has 0 fully saturated rings. The molecule has 0 aliphatic rings. The third kappa shape index (κ3) is 4.56. The molecule has 2 rings (SSSR count). The van der Waals surface area contributed by atoms with E-state index in [4.69, 9.17) is 0 Å². The van der Waals surface area contributed by atoms with Crippen LogP contribution in [0.4, 0.5) is 0 Å². The molecule has 1 nitrogen and oxygen atoms in total. The lowest BCUT2D eigenvalue weighted by Crippen LogP contribution is -1.98. The van der Waals surface area contributed by atoms with Crippen LogP contribution >= 0.6 is 0 Å². The highest BCUT2D eigenvalue weighted by Gasteiger charge is 2.06. The molecule has 0 aliphatic carbocycles. The molecule has 0 aliphatic heterocycles. The number of ketones is 1. The number of hydrogen-bond acceptors (Lipinski definition) is 1. The van der Waals surface area contributed by atoms with Crippen LogP contribution < -0.4 is 0 Å². The summed E-state index contributed by atoms with van der Waals surface area (Å²) in [5.41, 5.74) is 4.46. The van der Waals surface area contributed by atoms with Crippen LogP contribution in [0, 0.1) is 6.92 Å². The van der Waals surface area contributed by atoms with E-state index in [9.17, 15) is 4.79 Å². The summed E-state index contributed by atoms with van der Waals surface area (Å²) in [6, 6.07) is 16.5. The average Bonchev–Trinajstić information content (AvgIpc) is 2.52. The first-order chi connectivity index (χ1) is 10.2. The van der Waals surface area contributed by atoms with Crippen molar-refractivity contribution in [3.8, 4) is 11.1 Å². The van der Waals surface area contributed by atoms with Crippen LogP contribution in [-0.4, -0.2) is 5.78 Å². The summed E-state index contributed by atoms with van der Waals surface area (Å²) >= 11 is 0. The monoisotopic (exact) mass is 280 g/mol. The van der Waals surface area contributed by atoms with Crippen molar-refractivity contribution >= 4 is 5.78 Å². The molecule has 0 unspecified atom stereocenters. The van der Waals surface area contributed by atoms with Gasteiger partial charge >= 0.3 is 0 Å². The van der Waals surface area contributed by atoms with Gasteiger partial charge in [-0.15, -0.1) is 0 Å². The van der Waals surface area contributed by atoms with Gasteiger partial charge in [0.05, 0.1) is 0 Å². The van der Waals surface area contributed by atoms with Crippen LogP contribution in [0.25, 0.3) is 11.1 Å². The number of Topliss-reactive ketones (excluding diaryl/α,β-unsaturated/α-hetero) is 1. The zero-order valence-corrected chi connectivity index (χ0v) is 13.1. The molecule has 0 spiro atoms. The molecule has 1 heteroatoms. The molecule has 0 aromatic heterocycles. The summed E-state index contributed by atoms with van der Waals surface area (Å²) in [5, 5.41) is 0. The highest BCUT2D eigenvalue weighted by Crippen LogP contribution is 2.21. The fraction of sp³-hybridized carbons (Fsp3) is 0.350. The van der Waals surface area contributed by atoms with E-state index < -0.39 is 0 Å². The summed E-state index contributed by atoms with van der Waals surface area (Å²) in [6.07, 6.45) is 5.26. The summed E-state index contributed by atoms with van der Waals surface area (Å²) in [6.45, 7) is 4.27. The lowest BCUT2D eigenvalue weighted by atomic mass is 9.99. The van der Waals surface area contributed by atoms with Crippen molar-refractivity contribution in [2.75, 3.05) is 0 Å². The van der Waals surface area contributed by atoms with E-state index in [1.165, 1.54) is 24.0 Å². The Labute approximate surface area is 128 Å². The number of carbonyl (C=O) groups is 1. The number of hydrogen-bond donors (Lipinski definition) is 0. The fourth-order valence-electron chi connectivity index (χ4n) is 2.45. The first-order valence-electron chi connectivity index (χ1n) is 7.91. The maximum Gasteiger partial charge on any atom is 0.162 e. The third-order valence-electron chi connectivity index (χ3n) is 3.85. The zero-order valence-electron chi connectivity index (χ0n) is 13.1. The van der Waals surface area contributed by atoms with Gasteiger partial charge in [0.15, 0.2) is 5.78 Å². The Morgan fingerprint density at radius 3 is 1.95 bits per heavy atom. The van der Waals surface area contributed by atoms with Crippen molar-refractivity contribution in [2.24, 2.45) is 0 Å². The first kappa shape index (κ1) is 15.5. The fourth-order valence-corrected chi connectivity index (χ4v) is 2.45. The lowest BCUT2D eigenvalue weighted by Gasteiger charge is -2.05. The van der Waals surface area contributed by atoms with Gasteiger partial charge in [-0.25, -0.2) is 0 Å². The Bertz CT molecular complexity index is 564. The van der Waals surface area contributed by atoms with E-state index in [1.807, 2.05) is 24.3 Å². The van der Waals surface area contributed by atoms with E-state index in [0.717, 1.165) is 24.0 Å². The molecule has 0 atom stereocenters. The van der Waals surface area contributed by atoms with Gasteiger partial charge < -0.3 is 0 Å². The van der Waals surface area contributed by atoms with E-state index in [-0.39, 0.29) is 5.78 Å². The van der Waals surface area contributed by atoms with E-state index >= 15 is 0 Å². The molecular formula is C20H24O. The molecule has 0 radical (unpaired) electrons. The Balaban J connectivity index is 1.98. The molecule has 2 aromatic rings. The Hall–Kier alpha value is -1.89. The summed E-state index contributed by atoms with van der Waals surface area (Å²) in [5.74, 6) is 0.265. The van der Waals surface area contributed by atoms with Gasteiger partial charge in [-0.1, -0.05) is 80.3 Å². The Morgan fingerprint density at radius 2 is 1.38 bits per heavy atom. The van der Waals surface area contributed by atoms with Crippen LogP contribution in [0.15, 0.2) is 48.5 Å². The van der Waals surface area contributed by atoms with Crippen LogP contribution in [0.2, 0.25) is 0 Å². The topological polar surface area (TPSA) is 17.1 Å². The van der Waals surface area contributed by atoms with Crippen molar-refractivity contribution in [2.45, 2.75) is 46.0 Å². The summed E-state index contributed by atoms with van der Waals surface area (Å²) in [7, 11) is 0. The van der Waals surface area contributed by atoms with E-state index in [1.54, 1.807) is 0 Å². The zero-order chi connectivity index (χ0) is 15.1. The minimum absolute atomic E-state index is 0.265. The molecule has 2 aromatic carbocycles. The number of carbonyl (C=O) groups excluding carboxylic acids is 1. The molecule has 21 heavy (non-hydrogen) atoms. The Kier molecular flexibility index (Phi) is 5.74. The van der Waals surface area contributed by atoms with Gasteiger partial charge in [0.1, 0.15) is 0 Å². The highest BCUT2D eigenvalue weighted by atomic mass is 16.1. The van der Waals surface area contributed by atoms with Gasteiger partial charge in [-0.2, -0.15) is 0 Å². The minimum Gasteiger partial charge on any atom is -0.294 e. The molecule has 0 amide bonds. The SMILES string of the molecule is CCCCCCC(=O)c1ccc(-c2ccc(C)cc2)cc1. The van der Waals surface area contributed by atoms with Gasteiger partial charge in [-0.3, -0.25) is 4.79 Å². The summed E-state index contributed by atoms with van der Waals surface area (Å²) in [4.78, 5) is 12.1. The highest BCUT2D eigenvalue weighted by molar-refractivity contribution is 5.96. The largest absolute Gasteiger partial charge is 0.294 e. The molecule has 110 valence electrons. The number of benzene rings is 2. The maximum atomic E-state index is 12.1.